The minimum absolute atomic E-state index is 0.00441. The highest BCUT2D eigenvalue weighted by molar-refractivity contribution is 7.89. The molecule has 10 nitrogen and oxygen atoms in total. The molecule has 0 spiro atoms. The number of carbonyl (C=O) groups is 1. The number of hydrogen-bond acceptors (Lipinski definition) is 7. The fraction of sp³-hybridized carbons (Fsp3) is 0.125. The molecule has 0 heterocycles. The van der Waals surface area contributed by atoms with Gasteiger partial charge in [0.25, 0.3) is 5.69 Å². The van der Waals surface area contributed by atoms with Crippen molar-refractivity contribution in [3.8, 4) is 0 Å². The third kappa shape index (κ3) is 5.33. The van der Waals surface area contributed by atoms with E-state index in [0.29, 0.717) is 17.0 Å². The number of carbonyl (C=O) groups excluding carboxylic acids is 1. The summed E-state index contributed by atoms with van der Waals surface area (Å²) in [5.74, 6) is -0.217. The van der Waals surface area contributed by atoms with Crippen molar-refractivity contribution >= 4 is 38.7 Å². The van der Waals surface area contributed by atoms with Crippen LogP contribution in [0, 0.1) is 10.1 Å². The van der Waals surface area contributed by atoms with Crippen LogP contribution in [0.15, 0.2) is 52.5 Å². The van der Waals surface area contributed by atoms with Gasteiger partial charge < -0.3 is 5.32 Å². The van der Waals surface area contributed by atoms with Crippen LogP contribution < -0.4 is 15.9 Å². The minimum atomic E-state index is -4.07. The monoisotopic (exact) mass is 391 g/mol. The molecule has 2 rings (SSSR count). The van der Waals surface area contributed by atoms with Gasteiger partial charge in [-0.3, -0.25) is 20.3 Å². The van der Waals surface area contributed by atoms with Crippen LogP contribution in [0.4, 0.5) is 17.1 Å². The molecule has 0 saturated heterocycles. The molecule has 2 aromatic carbocycles. The van der Waals surface area contributed by atoms with Gasteiger partial charge in [0, 0.05) is 18.7 Å². The largest absolute Gasteiger partial charge is 0.326 e. The summed E-state index contributed by atoms with van der Waals surface area (Å²) in [6.45, 7) is 3.06. The Labute approximate surface area is 155 Å². The number of hydrogen-bond donors (Lipinski definition) is 3. The van der Waals surface area contributed by atoms with Crippen LogP contribution in [0.25, 0.3) is 0 Å². The van der Waals surface area contributed by atoms with Crippen LogP contribution in [0.1, 0.15) is 19.4 Å². The minimum Gasteiger partial charge on any atom is -0.326 e. The molecule has 142 valence electrons. The average Bonchev–Trinajstić information content (AvgIpc) is 2.58. The Morgan fingerprint density at radius 2 is 1.89 bits per heavy atom. The van der Waals surface area contributed by atoms with Crippen molar-refractivity contribution in [1.29, 1.82) is 0 Å². The Bertz CT molecular complexity index is 1030. The Balaban J connectivity index is 2.31. The summed E-state index contributed by atoms with van der Waals surface area (Å²) in [6, 6.07) is 10.1. The van der Waals surface area contributed by atoms with Gasteiger partial charge in [-0.2, -0.15) is 5.10 Å². The lowest BCUT2D eigenvalue weighted by atomic mass is 10.1. The number of nitro benzene ring substituents is 1. The van der Waals surface area contributed by atoms with E-state index in [-0.39, 0.29) is 16.5 Å². The lowest BCUT2D eigenvalue weighted by molar-refractivity contribution is -0.384. The molecular formula is C16H17N5O5S. The van der Waals surface area contributed by atoms with Crippen molar-refractivity contribution in [2.24, 2.45) is 10.2 Å². The van der Waals surface area contributed by atoms with E-state index in [1.54, 1.807) is 31.2 Å². The van der Waals surface area contributed by atoms with Crippen LogP contribution in [-0.2, 0) is 14.8 Å². The fourth-order valence-electron chi connectivity index (χ4n) is 2.17. The molecule has 0 aliphatic carbocycles. The third-order valence-corrected chi connectivity index (χ3v) is 4.35. The number of nitrogens with zero attached hydrogens (tertiary/aromatic N) is 2. The van der Waals surface area contributed by atoms with Crippen molar-refractivity contribution < 1.29 is 18.1 Å². The fourth-order valence-corrected chi connectivity index (χ4v) is 2.70. The molecule has 0 atom stereocenters. The zero-order valence-corrected chi connectivity index (χ0v) is 15.3. The van der Waals surface area contributed by atoms with Crippen molar-refractivity contribution in [1.82, 2.24) is 0 Å². The number of amides is 1. The van der Waals surface area contributed by atoms with Crippen LogP contribution in [-0.4, -0.2) is 25.0 Å². The van der Waals surface area contributed by atoms with Crippen molar-refractivity contribution in [2.75, 3.05) is 10.7 Å². The molecule has 0 aliphatic heterocycles. The van der Waals surface area contributed by atoms with E-state index in [4.69, 9.17) is 5.14 Å². The smallest absolute Gasteiger partial charge is 0.295 e. The molecule has 0 bridgehead atoms. The van der Waals surface area contributed by atoms with E-state index in [1.807, 2.05) is 0 Å². The topological polar surface area (TPSA) is 157 Å². The summed E-state index contributed by atoms with van der Waals surface area (Å²) in [6.07, 6.45) is 0. The Kier molecular flexibility index (Phi) is 5.88. The van der Waals surface area contributed by atoms with Crippen molar-refractivity contribution in [3.63, 3.8) is 0 Å². The molecule has 27 heavy (non-hydrogen) atoms. The molecule has 0 fully saturated rings. The van der Waals surface area contributed by atoms with Crippen LogP contribution in [0.3, 0.4) is 0 Å². The lowest BCUT2D eigenvalue weighted by Gasteiger charge is -2.07. The van der Waals surface area contributed by atoms with Gasteiger partial charge in [0.05, 0.1) is 15.5 Å². The van der Waals surface area contributed by atoms with Gasteiger partial charge in [-0.05, 0) is 36.8 Å². The number of hydrazone groups is 1. The predicted molar refractivity (Wildman–Crippen MR) is 101 cm³/mol. The Hall–Kier alpha value is -3.31. The standard InChI is InChI=1S/C16H17N5O5S/c1-10(12-4-3-5-13(8-12)18-11(2)22)19-20-15-7-6-14(27(17,25)26)9-16(15)21(23)24/h3-9,20H,1-2H3,(H,18,22)(H2,17,25,26)/b19-10-. The van der Waals surface area contributed by atoms with Gasteiger partial charge in [-0.25, -0.2) is 13.6 Å². The maximum Gasteiger partial charge on any atom is 0.295 e. The molecule has 0 saturated carbocycles. The van der Waals surface area contributed by atoms with Crippen molar-refractivity contribution in [2.45, 2.75) is 18.7 Å². The zero-order chi connectivity index (χ0) is 20.2. The number of anilines is 2. The number of sulfonamides is 1. The number of nitrogens with one attached hydrogen (secondary N) is 2. The summed E-state index contributed by atoms with van der Waals surface area (Å²) in [5, 5.41) is 22.9. The average molecular weight is 391 g/mol. The van der Waals surface area contributed by atoms with Gasteiger partial charge in [0.2, 0.25) is 15.9 Å². The summed E-state index contributed by atoms with van der Waals surface area (Å²) in [5.41, 5.74) is 3.83. The normalized spacial score (nSPS) is 11.7. The van der Waals surface area contributed by atoms with Gasteiger partial charge in [-0.15, -0.1) is 0 Å². The van der Waals surface area contributed by atoms with E-state index in [2.05, 4.69) is 15.8 Å². The second-order valence-electron chi connectivity index (χ2n) is 5.55. The van der Waals surface area contributed by atoms with E-state index < -0.39 is 20.6 Å². The first-order valence-electron chi connectivity index (χ1n) is 7.57. The quantitative estimate of drug-likeness (QED) is 0.388. The number of benzene rings is 2. The van der Waals surface area contributed by atoms with Crippen LogP contribution in [0.2, 0.25) is 0 Å². The highest BCUT2D eigenvalue weighted by atomic mass is 32.2. The van der Waals surface area contributed by atoms with E-state index >= 15 is 0 Å². The summed E-state index contributed by atoms with van der Waals surface area (Å²) >= 11 is 0. The van der Waals surface area contributed by atoms with Crippen LogP contribution in [0.5, 0.6) is 0 Å². The van der Waals surface area contributed by atoms with Gasteiger partial charge in [-0.1, -0.05) is 12.1 Å². The first-order valence-corrected chi connectivity index (χ1v) is 9.12. The van der Waals surface area contributed by atoms with E-state index in [9.17, 15) is 23.3 Å². The highest BCUT2D eigenvalue weighted by Gasteiger charge is 2.19. The Morgan fingerprint density at radius 3 is 2.48 bits per heavy atom. The van der Waals surface area contributed by atoms with Gasteiger partial charge in [0.1, 0.15) is 5.69 Å². The first kappa shape index (κ1) is 20.0. The second-order valence-corrected chi connectivity index (χ2v) is 7.11. The molecule has 11 heteroatoms. The molecular weight excluding hydrogens is 374 g/mol. The number of nitro groups is 1. The molecule has 0 aliphatic rings. The number of nitrogens with two attached hydrogens (primary N) is 1. The van der Waals surface area contributed by atoms with Crippen molar-refractivity contribution in [3.05, 3.63) is 58.1 Å². The zero-order valence-electron chi connectivity index (χ0n) is 14.5. The maximum atomic E-state index is 11.4. The first-order chi connectivity index (χ1) is 12.6. The molecule has 0 unspecified atom stereocenters. The molecule has 2 aromatic rings. The lowest BCUT2D eigenvalue weighted by Crippen LogP contribution is -2.12. The van der Waals surface area contributed by atoms with E-state index in [0.717, 1.165) is 12.1 Å². The van der Waals surface area contributed by atoms with Crippen LogP contribution >= 0.6 is 0 Å². The summed E-state index contributed by atoms with van der Waals surface area (Å²) in [4.78, 5) is 21.2. The molecule has 0 aromatic heterocycles. The molecule has 4 N–H and O–H groups in total. The summed E-state index contributed by atoms with van der Waals surface area (Å²) < 4.78 is 22.7. The number of rotatable bonds is 6. The SMILES string of the molecule is CC(=O)Nc1cccc(/C(C)=N\Nc2ccc(S(N)(=O)=O)cc2[N+](=O)[O-])c1. The highest BCUT2D eigenvalue weighted by Crippen LogP contribution is 2.27. The molecule has 1 amide bonds. The third-order valence-electron chi connectivity index (χ3n) is 3.44. The van der Waals surface area contributed by atoms with Gasteiger partial charge in [0.15, 0.2) is 0 Å². The summed E-state index contributed by atoms with van der Waals surface area (Å²) in [7, 11) is -4.07. The van der Waals surface area contributed by atoms with Gasteiger partial charge >= 0.3 is 0 Å². The predicted octanol–water partition coefficient (Wildman–Crippen LogP) is 2.04. The van der Waals surface area contributed by atoms with E-state index in [1.165, 1.54) is 13.0 Å². The maximum absolute atomic E-state index is 11.4. The Morgan fingerprint density at radius 1 is 1.19 bits per heavy atom. The molecule has 0 radical (unpaired) electrons. The second kappa shape index (κ2) is 7.93. The number of primary sulfonamides is 1.